The van der Waals surface area contributed by atoms with Crippen molar-refractivity contribution in [2.75, 3.05) is 24.3 Å². The first-order valence-electron chi connectivity index (χ1n) is 7.93. The number of aryl methyl sites for hydroxylation is 1. The number of nitrogens with two attached hydrogens (primary N) is 1. The molecule has 132 valence electrons. The van der Waals surface area contributed by atoms with Gasteiger partial charge in [-0.2, -0.15) is 4.98 Å². The molecular formula is C17H20ClN5O2. The van der Waals surface area contributed by atoms with Gasteiger partial charge in [-0.1, -0.05) is 18.5 Å². The summed E-state index contributed by atoms with van der Waals surface area (Å²) in [6.45, 7) is 6.32. The molecule has 1 unspecified atom stereocenters. The Hall–Kier alpha value is -2.41. The summed E-state index contributed by atoms with van der Waals surface area (Å²) >= 11 is 6.23. The quantitative estimate of drug-likeness (QED) is 0.839. The molecular weight excluding hydrogens is 342 g/mol. The summed E-state index contributed by atoms with van der Waals surface area (Å²) in [4.78, 5) is 27.1. The highest BCUT2D eigenvalue weighted by Gasteiger charge is 2.33. The molecule has 0 bridgehead atoms. The van der Waals surface area contributed by atoms with Crippen molar-refractivity contribution in [1.29, 1.82) is 0 Å². The van der Waals surface area contributed by atoms with Crippen molar-refractivity contribution in [3.05, 3.63) is 33.7 Å². The van der Waals surface area contributed by atoms with Gasteiger partial charge in [-0.05, 0) is 13.8 Å². The number of hydrogen-bond acceptors (Lipinski definition) is 7. The summed E-state index contributed by atoms with van der Waals surface area (Å²) in [7, 11) is 1.63. The van der Waals surface area contributed by atoms with E-state index in [1.807, 2.05) is 25.7 Å². The number of halogens is 1. The van der Waals surface area contributed by atoms with Crippen molar-refractivity contribution in [1.82, 2.24) is 15.0 Å². The van der Waals surface area contributed by atoms with Crippen LogP contribution in [0, 0.1) is 13.8 Å². The van der Waals surface area contributed by atoms with Crippen molar-refractivity contribution < 1.29 is 9.53 Å². The first-order valence-corrected chi connectivity index (χ1v) is 8.30. The lowest BCUT2D eigenvalue weighted by Gasteiger charge is -2.32. The minimum atomic E-state index is -0.360. The second-order valence-corrected chi connectivity index (χ2v) is 6.56. The van der Waals surface area contributed by atoms with Gasteiger partial charge >= 0.3 is 0 Å². The van der Waals surface area contributed by atoms with Crippen molar-refractivity contribution in [2.45, 2.75) is 33.2 Å². The molecule has 0 saturated carbocycles. The molecule has 25 heavy (non-hydrogen) atoms. The van der Waals surface area contributed by atoms with Gasteiger partial charge in [0.15, 0.2) is 5.78 Å². The second-order valence-electron chi connectivity index (χ2n) is 6.20. The number of carbonyl (C=O) groups is 1. The number of ether oxygens (including phenoxy) is 1. The predicted molar refractivity (Wildman–Crippen MR) is 96.2 cm³/mol. The Balaban J connectivity index is 2.06. The number of fused-ring (bicyclic) bond motifs is 1. The lowest BCUT2D eigenvalue weighted by atomic mass is 9.93. The molecule has 7 nitrogen and oxygen atoms in total. The molecule has 2 aromatic heterocycles. The van der Waals surface area contributed by atoms with Gasteiger partial charge < -0.3 is 15.4 Å². The average molecular weight is 362 g/mol. The number of hydrogen-bond donors (Lipinski definition) is 1. The van der Waals surface area contributed by atoms with Crippen LogP contribution < -0.4 is 15.4 Å². The molecule has 3 heterocycles. The van der Waals surface area contributed by atoms with Gasteiger partial charge in [-0.15, -0.1) is 0 Å². The van der Waals surface area contributed by atoms with Crippen LogP contribution in [0.5, 0.6) is 5.75 Å². The Bertz CT molecular complexity index is 855. The van der Waals surface area contributed by atoms with Crippen LogP contribution in [0.4, 0.5) is 11.8 Å². The number of aromatic nitrogens is 3. The zero-order valence-corrected chi connectivity index (χ0v) is 15.4. The summed E-state index contributed by atoms with van der Waals surface area (Å²) in [6, 6.07) is 0. The van der Waals surface area contributed by atoms with Crippen LogP contribution >= 0.6 is 11.6 Å². The van der Waals surface area contributed by atoms with Crippen molar-refractivity contribution in [2.24, 2.45) is 0 Å². The molecule has 0 saturated heterocycles. The molecule has 8 heteroatoms. The highest BCUT2D eigenvalue weighted by atomic mass is 35.5. The van der Waals surface area contributed by atoms with Gasteiger partial charge in [0.05, 0.1) is 25.9 Å². The van der Waals surface area contributed by atoms with Crippen LogP contribution in [0.2, 0.25) is 5.15 Å². The monoisotopic (exact) mass is 361 g/mol. The van der Waals surface area contributed by atoms with E-state index in [0.29, 0.717) is 17.9 Å². The Morgan fingerprint density at radius 1 is 1.40 bits per heavy atom. The Labute approximate surface area is 151 Å². The Kier molecular flexibility index (Phi) is 4.51. The average Bonchev–Trinajstić information content (AvgIpc) is 2.54. The molecule has 0 amide bonds. The number of pyridine rings is 1. The number of carbonyl (C=O) groups excluding carboxylic acids is 1. The lowest BCUT2D eigenvalue weighted by molar-refractivity contribution is -0.119. The molecule has 2 aromatic rings. The third-order valence-corrected chi connectivity index (χ3v) is 4.84. The summed E-state index contributed by atoms with van der Waals surface area (Å²) < 4.78 is 5.46. The van der Waals surface area contributed by atoms with E-state index in [1.54, 1.807) is 13.3 Å². The minimum Gasteiger partial charge on any atom is -0.496 e. The third-order valence-electron chi connectivity index (χ3n) is 4.55. The Morgan fingerprint density at radius 3 is 2.80 bits per heavy atom. The van der Waals surface area contributed by atoms with Crippen LogP contribution in [-0.4, -0.2) is 34.4 Å². The fourth-order valence-corrected chi connectivity index (χ4v) is 3.50. The standard InChI is InChI=1S/C17H20ClN5O2/c1-8-5-20-11(9(2)14(8)25-4)6-23-7-12(24)10(3)13-15(18)21-17(19)22-16(13)23/h5,10H,6-7H2,1-4H3,(H2,19,21,22). The summed E-state index contributed by atoms with van der Waals surface area (Å²) in [5.41, 5.74) is 9.08. The highest BCUT2D eigenvalue weighted by molar-refractivity contribution is 6.31. The van der Waals surface area contributed by atoms with E-state index in [-0.39, 0.29) is 29.3 Å². The van der Waals surface area contributed by atoms with Crippen molar-refractivity contribution in [3.8, 4) is 5.75 Å². The van der Waals surface area contributed by atoms with E-state index in [2.05, 4.69) is 15.0 Å². The van der Waals surface area contributed by atoms with Crippen LogP contribution in [0.1, 0.15) is 35.2 Å². The van der Waals surface area contributed by atoms with Gasteiger partial charge in [0.2, 0.25) is 5.95 Å². The maximum absolute atomic E-state index is 12.4. The third kappa shape index (κ3) is 3.00. The van der Waals surface area contributed by atoms with Gasteiger partial charge in [0, 0.05) is 28.8 Å². The van der Waals surface area contributed by atoms with E-state index in [9.17, 15) is 4.79 Å². The molecule has 0 aromatic carbocycles. The molecule has 0 spiro atoms. The van der Waals surface area contributed by atoms with Crippen LogP contribution in [0.3, 0.4) is 0 Å². The fraction of sp³-hybridized carbons (Fsp3) is 0.412. The van der Waals surface area contributed by atoms with E-state index in [1.165, 1.54) is 0 Å². The van der Waals surface area contributed by atoms with Crippen LogP contribution in [-0.2, 0) is 11.3 Å². The number of ketones is 1. The first-order chi connectivity index (χ1) is 11.8. The molecule has 0 fully saturated rings. The SMILES string of the molecule is COc1c(C)cnc(CN2CC(=O)C(C)c3c(Cl)nc(N)nc32)c1C. The molecule has 1 atom stereocenters. The number of Topliss-reactive ketones (excluding diaryl/α,β-unsaturated/α-hetero) is 1. The zero-order valence-electron chi connectivity index (χ0n) is 14.6. The molecule has 3 rings (SSSR count). The lowest BCUT2D eigenvalue weighted by Crippen LogP contribution is -2.38. The summed E-state index contributed by atoms with van der Waals surface area (Å²) in [6.07, 6.45) is 1.76. The largest absolute Gasteiger partial charge is 0.496 e. The smallest absolute Gasteiger partial charge is 0.223 e. The number of anilines is 2. The van der Waals surface area contributed by atoms with E-state index < -0.39 is 0 Å². The fourth-order valence-electron chi connectivity index (χ4n) is 3.16. The minimum absolute atomic E-state index is 0.0551. The van der Waals surface area contributed by atoms with E-state index in [0.717, 1.165) is 22.6 Å². The van der Waals surface area contributed by atoms with Crippen molar-refractivity contribution >= 4 is 29.2 Å². The van der Waals surface area contributed by atoms with E-state index in [4.69, 9.17) is 22.1 Å². The molecule has 1 aliphatic rings. The molecule has 2 N–H and O–H groups in total. The van der Waals surface area contributed by atoms with Gasteiger partial charge in [-0.3, -0.25) is 9.78 Å². The Morgan fingerprint density at radius 2 is 2.12 bits per heavy atom. The normalized spacial score (nSPS) is 16.8. The number of nitrogens with zero attached hydrogens (tertiary/aromatic N) is 4. The maximum atomic E-state index is 12.4. The van der Waals surface area contributed by atoms with Crippen molar-refractivity contribution in [3.63, 3.8) is 0 Å². The topological polar surface area (TPSA) is 94.2 Å². The maximum Gasteiger partial charge on any atom is 0.223 e. The summed E-state index contributed by atoms with van der Waals surface area (Å²) in [5.74, 6) is 1.16. The molecule has 0 aliphatic carbocycles. The first kappa shape index (κ1) is 17.4. The van der Waals surface area contributed by atoms with Gasteiger partial charge in [0.1, 0.15) is 16.7 Å². The number of rotatable bonds is 3. The zero-order chi connectivity index (χ0) is 18.3. The van der Waals surface area contributed by atoms with Crippen LogP contribution in [0.25, 0.3) is 0 Å². The predicted octanol–water partition coefficient (Wildman–Crippen LogP) is 2.43. The number of nitrogen functional groups attached to an aromatic ring is 1. The molecule has 1 aliphatic heterocycles. The van der Waals surface area contributed by atoms with E-state index >= 15 is 0 Å². The highest BCUT2D eigenvalue weighted by Crippen LogP contribution is 2.37. The van der Waals surface area contributed by atoms with Gasteiger partial charge in [-0.25, -0.2) is 4.98 Å². The summed E-state index contributed by atoms with van der Waals surface area (Å²) in [5, 5.41) is 0.221. The second kappa shape index (κ2) is 6.48. The molecule has 0 radical (unpaired) electrons. The van der Waals surface area contributed by atoms with Gasteiger partial charge in [0.25, 0.3) is 0 Å². The number of methoxy groups -OCH3 is 1. The van der Waals surface area contributed by atoms with Crippen LogP contribution in [0.15, 0.2) is 6.20 Å².